The zero-order valence-electron chi connectivity index (χ0n) is 31.5. The average Bonchev–Trinajstić information content (AvgIpc) is 4.05. The number of alkyl carbamates (subject to hydrolysis) is 1. The molecule has 2 radical (unpaired) electrons. The first-order valence-corrected chi connectivity index (χ1v) is 20.2. The number of halogens is 2. The van der Waals surface area contributed by atoms with Gasteiger partial charge < -0.3 is 34.7 Å². The highest BCUT2D eigenvalue weighted by Gasteiger charge is 2.66. The van der Waals surface area contributed by atoms with E-state index in [2.05, 4.69) is 15.6 Å². The first kappa shape index (κ1) is 38.2. The molecule has 3 N–H and O–H groups in total. The summed E-state index contributed by atoms with van der Waals surface area (Å²) in [5, 5.41) is 5.48. The van der Waals surface area contributed by atoms with Gasteiger partial charge in [-0.2, -0.15) is 0 Å². The van der Waals surface area contributed by atoms with Crippen molar-refractivity contribution in [2.24, 2.45) is 23.2 Å². The molecule has 0 spiro atoms. The summed E-state index contributed by atoms with van der Waals surface area (Å²) in [6.07, 6.45) is 2.05. The summed E-state index contributed by atoms with van der Waals surface area (Å²) in [7, 11) is 1.64. The zero-order valence-corrected chi connectivity index (χ0v) is 32.5. The largest absolute Gasteiger partial charge is 0.497 e. The highest BCUT2D eigenvalue weighted by atomic mass is 28.2. The number of nitrogens with one attached hydrogen (secondary N) is 3. The van der Waals surface area contributed by atoms with Crippen LogP contribution in [0.2, 0.25) is 5.54 Å². The Balaban J connectivity index is 1.24. The Morgan fingerprint density at radius 2 is 1.85 bits per heavy atom. The molecule has 2 aromatic rings. The fourth-order valence-electron chi connectivity index (χ4n) is 7.80. The minimum Gasteiger partial charge on any atom is -0.497 e. The molecule has 4 fully saturated rings. The molecule has 292 valence electrons. The van der Waals surface area contributed by atoms with Crippen LogP contribution in [0.5, 0.6) is 11.6 Å². The number of hydrogen-bond donors (Lipinski definition) is 3. The summed E-state index contributed by atoms with van der Waals surface area (Å²) in [4.78, 5) is 69.7. The third-order valence-corrected chi connectivity index (χ3v) is 12.9. The fraction of sp³-hybridized carbons (Fsp3) is 0.684. The molecule has 1 saturated heterocycles. The predicted molar refractivity (Wildman–Crippen MR) is 194 cm³/mol. The second-order valence-electron chi connectivity index (χ2n) is 16.7. The quantitative estimate of drug-likeness (QED) is 0.349. The molecule has 8 atom stereocenters. The third kappa shape index (κ3) is 7.99. The molecular formula is C38H50F2N6O7Si. The predicted octanol–water partition coefficient (Wildman–Crippen LogP) is 4.34. The lowest BCUT2D eigenvalue weighted by atomic mass is 9.85. The van der Waals surface area contributed by atoms with Crippen molar-refractivity contribution in [3.05, 3.63) is 23.9 Å². The van der Waals surface area contributed by atoms with Crippen molar-refractivity contribution >= 4 is 44.5 Å². The van der Waals surface area contributed by atoms with Crippen LogP contribution in [-0.4, -0.2) is 98.3 Å². The third-order valence-electron chi connectivity index (χ3n) is 11.5. The van der Waals surface area contributed by atoms with E-state index >= 15 is 0 Å². The normalized spacial score (nSPS) is 31.6. The van der Waals surface area contributed by atoms with Crippen LogP contribution in [0.3, 0.4) is 0 Å². The molecule has 1 aromatic heterocycles. The Morgan fingerprint density at radius 3 is 2.54 bits per heavy atom. The van der Waals surface area contributed by atoms with E-state index in [4.69, 9.17) is 24.2 Å². The molecule has 2 aliphatic heterocycles. The number of methoxy groups -OCH3 is 1. The molecule has 3 heterocycles. The van der Waals surface area contributed by atoms with Crippen LogP contribution in [0.4, 0.5) is 13.6 Å². The van der Waals surface area contributed by atoms with Gasteiger partial charge >= 0.3 is 6.09 Å². The molecule has 1 aromatic carbocycles. The van der Waals surface area contributed by atoms with Crippen molar-refractivity contribution in [1.29, 1.82) is 0 Å². The van der Waals surface area contributed by atoms with Crippen molar-refractivity contribution in [2.45, 2.75) is 127 Å². The molecule has 3 saturated carbocycles. The number of fused-ring (bicyclic) bond motifs is 5. The van der Waals surface area contributed by atoms with Crippen molar-refractivity contribution in [3.63, 3.8) is 0 Å². The Bertz CT molecular complexity index is 1790. The van der Waals surface area contributed by atoms with E-state index in [-0.39, 0.29) is 40.5 Å². The van der Waals surface area contributed by atoms with Crippen LogP contribution in [0, 0.1) is 23.2 Å². The van der Waals surface area contributed by atoms with Gasteiger partial charge in [0.05, 0.1) is 30.6 Å². The molecule has 4 amide bonds. The van der Waals surface area contributed by atoms with E-state index in [1.807, 2.05) is 12.1 Å². The maximum Gasteiger partial charge on any atom is 0.408 e. The van der Waals surface area contributed by atoms with Crippen LogP contribution in [-0.2, 0) is 25.5 Å². The number of amides is 4. The number of carbonyl (C=O) groups is 4. The summed E-state index contributed by atoms with van der Waals surface area (Å²) in [6.45, 7) is 7.07. The zero-order chi connectivity index (χ0) is 38.5. The molecule has 13 nitrogen and oxygen atoms in total. The van der Waals surface area contributed by atoms with Gasteiger partial charge in [-0.15, -0.1) is 0 Å². The average molecular weight is 769 g/mol. The Morgan fingerprint density at radius 1 is 1.07 bits per heavy atom. The van der Waals surface area contributed by atoms with Crippen LogP contribution >= 0.6 is 0 Å². The number of carbonyl (C=O) groups excluding carboxylic acids is 4. The molecule has 5 aliphatic rings. The lowest BCUT2D eigenvalue weighted by Crippen LogP contribution is -2.61. The van der Waals surface area contributed by atoms with Crippen molar-refractivity contribution in [3.8, 4) is 11.6 Å². The molecule has 54 heavy (non-hydrogen) atoms. The van der Waals surface area contributed by atoms with E-state index in [1.54, 1.807) is 40.9 Å². The van der Waals surface area contributed by atoms with Crippen LogP contribution in [0.1, 0.15) is 84.8 Å². The molecule has 7 rings (SSSR count). The number of aromatic nitrogens is 2. The van der Waals surface area contributed by atoms with Gasteiger partial charge in [0.15, 0.2) is 9.68 Å². The van der Waals surface area contributed by atoms with Gasteiger partial charge in [-0.1, -0.05) is 53.4 Å². The topological polar surface area (TPSA) is 161 Å². The van der Waals surface area contributed by atoms with Crippen LogP contribution in [0.15, 0.2) is 18.2 Å². The Hall–Kier alpha value is -4.08. The van der Waals surface area contributed by atoms with Crippen molar-refractivity contribution in [1.82, 2.24) is 30.5 Å². The second-order valence-corrected chi connectivity index (χ2v) is 18.1. The Kier molecular flexibility index (Phi) is 10.5. The number of rotatable bonds is 7. The van der Waals surface area contributed by atoms with Crippen molar-refractivity contribution < 1.29 is 42.2 Å². The van der Waals surface area contributed by atoms with Gasteiger partial charge in [0, 0.05) is 12.0 Å². The number of benzene rings is 1. The summed E-state index contributed by atoms with van der Waals surface area (Å²) in [5.74, 6) is -2.88. The monoisotopic (exact) mass is 768 g/mol. The van der Waals surface area contributed by atoms with Crippen LogP contribution in [0.25, 0.3) is 11.0 Å². The summed E-state index contributed by atoms with van der Waals surface area (Å²) < 4.78 is 46.2. The standard InChI is InChI=1S/C38H50F2N6O7Si/c1-19-28-18-46(29(19)32(47)44-38(17-23(38)31(39)40)35(49)45-54-22-12-13-22)34(48)30(37(2,3)4)43-36(50)53-27-15-20(27)9-7-6-8-10-25-33(52-28)42-26-16-21(51-5)11-14-24(26)41-25/h11,14,16,19-20,22-23,27-31H,6-10,12-13,15,17-18H2,1-5H3,(H,43,50)(H,44,47)(H,45,49)/t19-,20?,23+,27-,28+,29+,30-,38-/m1/s1. The lowest BCUT2D eigenvalue weighted by molar-refractivity contribution is -0.143. The maximum absolute atomic E-state index is 14.7. The maximum atomic E-state index is 14.7. The number of nitrogens with zero attached hydrogens (tertiary/aromatic N) is 3. The van der Waals surface area contributed by atoms with Gasteiger partial charge in [0.1, 0.15) is 41.3 Å². The smallest absolute Gasteiger partial charge is 0.408 e. The van der Waals surface area contributed by atoms with Gasteiger partial charge in [0.25, 0.3) is 0 Å². The SMILES string of the molecule is COc1ccc2nc3c(nc2c1)O[C@H]1CN(C(=O)[C@H](C(C)(C)C)NC(=O)O[C@@H]2CC2CCCCC3)[C@H](C(=O)N[C@]2(C(=O)N[Si]C3CC3)C[C@H]2C(F)F)[C@@H]1C. The number of alkyl halides is 2. The minimum absolute atomic E-state index is 0.0756. The first-order chi connectivity index (χ1) is 25.7. The lowest BCUT2D eigenvalue weighted by Gasteiger charge is -2.36. The van der Waals surface area contributed by atoms with E-state index in [9.17, 15) is 28.0 Å². The highest BCUT2D eigenvalue weighted by Crippen LogP contribution is 2.49. The molecular weight excluding hydrogens is 719 g/mol. The molecule has 16 heteroatoms. The van der Waals surface area contributed by atoms with E-state index in [1.165, 1.54) is 4.90 Å². The minimum atomic E-state index is -2.83. The van der Waals surface area contributed by atoms with Crippen LogP contribution < -0.4 is 25.1 Å². The fourth-order valence-corrected chi connectivity index (χ4v) is 8.81. The number of hydrogen-bond acceptors (Lipinski definition) is 9. The molecule has 1 unspecified atom stereocenters. The molecule has 3 aliphatic carbocycles. The number of ether oxygens (including phenoxy) is 3. The summed E-state index contributed by atoms with van der Waals surface area (Å²) in [5.41, 5.74) is -0.432. The van der Waals surface area contributed by atoms with Gasteiger partial charge in [-0.05, 0) is 61.1 Å². The first-order valence-electron chi connectivity index (χ1n) is 19.1. The summed E-state index contributed by atoms with van der Waals surface area (Å²) in [6, 6.07) is 3.06. The van der Waals surface area contributed by atoms with Gasteiger partial charge in [0.2, 0.25) is 30.0 Å². The van der Waals surface area contributed by atoms with Gasteiger partial charge in [-0.3, -0.25) is 14.4 Å². The van der Waals surface area contributed by atoms with E-state index in [0.29, 0.717) is 34.4 Å². The van der Waals surface area contributed by atoms with E-state index in [0.717, 1.165) is 44.9 Å². The molecule has 2 bridgehead atoms. The second kappa shape index (κ2) is 14.9. The Labute approximate surface area is 316 Å². The number of aryl methyl sites for hydroxylation is 1. The van der Waals surface area contributed by atoms with E-state index < -0.39 is 71.2 Å². The summed E-state index contributed by atoms with van der Waals surface area (Å²) >= 11 is 0. The highest BCUT2D eigenvalue weighted by molar-refractivity contribution is 6.40. The van der Waals surface area contributed by atoms with Crippen molar-refractivity contribution in [2.75, 3.05) is 13.7 Å². The van der Waals surface area contributed by atoms with Gasteiger partial charge in [-0.25, -0.2) is 23.5 Å².